The third-order valence-corrected chi connectivity index (χ3v) is 2.01. The summed E-state index contributed by atoms with van der Waals surface area (Å²) in [5.41, 5.74) is 3.48. The van der Waals surface area contributed by atoms with Gasteiger partial charge in [-0.15, -0.1) is 0 Å². The Bertz CT molecular complexity index is 390. The van der Waals surface area contributed by atoms with E-state index in [9.17, 15) is 0 Å². The average Bonchev–Trinajstić information content (AvgIpc) is 2.44. The minimum atomic E-state index is 1.03. The monoisotopic (exact) mass is 243 g/mol. The summed E-state index contributed by atoms with van der Waals surface area (Å²) in [5.74, 6) is 0. The molecule has 1 heterocycles. The van der Waals surface area contributed by atoms with Crippen molar-refractivity contribution in [3.63, 3.8) is 0 Å². The third kappa shape index (κ3) is 6.19. The quantitative estimate of drug-likeness (QED) is 0.644. The zero-order chi connectivity index (χ0) is 13.8. The lowest BCUT2D eigenvalue weighted by atomic mass is 10.1. The Morgan fingerprint density at radius 3 is 1.89 bits per heavy atom. The van der Waals surface area contributed by atoms with E-state index in [-0.39, 0.29) is 0 Å². The van der Waals surface area contributed by atoms with Gasteiger partial charge in [0.1, 0.15) is 0 Å². The van der Waals surface area contributed by atoms with E-state index in [1.54, 1.807) is 0 Å². The van der Waals surface area contributed by atoms with Crippen LogP contribution in [-0.2, 0) is 0 Å². The molecule has 1 nitrogen and oxygen atoms in total. The predicted molar refractivity (Wildman–Crippen MR) is 81.7 cm³/mol. The summed E-state index contributed by atoms with van der Waals surface area (Å²) in [6, 6.07) is 14.3. The van der Waals surface area contributed by atoms with E-state index in [1.165, 1.54) is 17.5 Å². The van der Waals surface area contributed by atoms with E-state index >= 15 is 0 Å². The number of rotatable bonds is 1. The number of pyridine rings is 1. The Labute approximate surface area is 112 Å². The Morgan fingerprint density at radius 1 is 0.889 bits per heavy atom. The van der Waals surface area contributed by atoms with Gasteiger partial charge in [-0.3, -0.25) is 4.98 Å². The van der Waals surface area contributed by atoms with Crippen LogP contribution in [0.25, 0.3) is 11.3 Å². The standard InChI is InChI=1S/C12H11N.C3H8.C2H6/c1-10-5-7-11(8-6-10)12-4-2-3-9-13-12;1-3-2;1-2/h2-9H,1H3;3H2,1-2H3;1-2H3. The molecule has 0 aliphatic heterocycles. The van der Waals surface area contributed by atoms with Crippen LogP contribution < -0.4 is 0 Å². The molecule has 98 valence electrons. The fraction of sp³-hybridized carbons (Fsp3) is 0.353. The van der Waals surface area contributed by atoms with Gasteiger partial charge in [-0.2, -0.15) is 0 Å². The van der Waals surface area contributed by atoms with Crippen molar-refractivity contribution >= 4 is 0 Å². The molecule has 0 atom stereocenters. The summed E-state index contributed by atoms with van der Waals surface area (Å²) in [6.45, 7) is 10.3. The first-order valence-corrected chi connectivity index (χ1v) is 6.76. The summed E-state index contributed by atoms with van der Waals surface area (Å²) < 4.78 is 0. The molecule has 0 saturated heterocycles. The Hall–Kier alpha value is -1.63. The van der Waals surface area contributed by atoms with Gasteiger partial charge in [0.15, 0.2) is 0 Å². The van der Waals surface area contributed by atoms with Crippen LogP contribution in [0.2, 0.25) is 0 Å². The lowest BCUT2D eigenvalue weighted by molar-refractivity contribution is 1.09. The maximum absolute atomic E-state index is 4.28. The predicted octanol–water partition coefficient (Wildman–Crippen LogP) is 5.50. The number of hydrogen-bond donors (Lipinski definition) is 0. The van der Waals surface area contributed by atoms with E-state index < -0.39 is 0 Å². The summed E-state index contributed by atoms with van der Waals surface area (Å²) >= 11 is 0. The first-order chi connectivity index (χ1) is 8.77. The molecule has 1 aromatic carbocycles. The Kier molecular flexibility index (Phi) is 9.57. The Balaban J connectivity index is 0.000000509. The number of aromatic nitrogens is 1. The largest absolute Gasteiger partial charge is 0.256 e. The maximum atomic E-state index is 4.28. The van der Waals surface area contributed by atoms with Crippen LogP contribution in [0.15, 0.2) is 48.7 Å². The molecule has 0 radical (unpaired) electrons. The SMILES string of the molecule is CC.CCC.Cc1ccc(-c2ccccn2)cc1. The van der Waals surface area contributed by atoms with E-state index in [0.29, 0.717) is 0 Å². The van der Waals surface area contributed by atoms with Crippen molar-refractivity contribution in [2.45, 2.75) is 41.0 Å². The first-order valence-electron chi connectivity index (χ1n) is 6.76. The molecule has 0 aliphatic carbocycles. The van der Waals surface area contributed by atoms with Gasteiger partial charge in [0.05, 0.1) is 5.69 Å². The van der Waals surface area contributed by atoms with Crippen LogP contribution >= 0.6 is 0 Å². The van der Waals surface area contributed by atoms with Crippen molar-refractivity contribution < 1.29 is 0 Å². The number of benzene rings is 1. The fourth-order valence-corrected chi connectivity index (χ4v) is 1.26. The van der Waals surface area contributed by atoms with Gasteiger partial charge in [0.25, 0.3) is 0 Å². The zero-order valence-electron chi connectivity index (χ0n) is 12.3. The van der Waals surface area contributed by atoms with Crippen LogP contribution in [0.3, 0.4) is 0 Å². The molecule has 2 aromatic rings. The highest BCUT2D eigenvalue weighted by atomic mass is 14.7. The number of aryl methyl sites for hydroxylation is 1. The van der Waals surface area contributed by atoms with Crippen LogP contribution in [0, 0.1) is 6.92 Å². The van der Waals surface area contributed by atoms with Gasteiger partial charge in [-0.1, -0.05) is 70.0 Å². The summed E-state index contributed by atoms with van der Waals surface area (Å²) in [5, 5.41) is 0. The summed E-state index contributed by atoms with van der Waals surface area (Å²) in [7, 11) is 0. The first kappa shape index (κ1) is 16.4. The summed E-state index contributed by atoms with van der Waals surface area (Å²) in [6.07, 6.45) is 3.06. The second-order valence-corrected chi connectivity index (χ2v) is 3.79. The van der Waals surface area contributed by atoms with Gasteiger partial charge >= 0.3 is 0 Å². The molecule has 0 N–H and O–H groups in total. The van der Waals surface area contributed by atoms with Gasteiger partial charge in [0, 0.05) is 11.8 Å². The third-order valence-electron chi connectivity index (χ3n) is 2.01. The fourth-order valence-electron chi connectivity index (χ4n) is 1.26. The van der Waals surface area contributed by atoms with Gasteiger partial charge in [0.2, 0.25) is 0 Å². The minimum Gasteiger partial charge on any atom is -0.256 e. The molecular weight excluding hydrogens is 218 g/mol. The molecule has 0 bridgehead atoms. The maximum Gasteiger partial charge on any atom is 0.0701 e. The van der Waals surface area contributed by atoms with E-state index in [2.05, 4.69) is 50.0 Å². The van der Waals surface area contributed by atoms with Gasteiger partial charge in [-0.05, 0) is 19.1 Å². The van der Waals surface area contributed by atoms with Crippen molar-refractivity contribution in [3.8, 4) is 11.3 Å². The molecule has 2 rings (SSSR count). The van der Waals surface area contributed by atoms with E-state index in [1.807, 2.05) is 38.2 Å². The number of hydrogen-bond acceptors (Lipinski definition) is 1. The highest BCUT2D eigenvalue weighted by molar-refractivity contribution is 5.58. The Morgan fingerprint density at radius 2 is 1.44 bits per heavy atom. The second-order valence-electron chi connectivity index (χ2n) is 3.79. The molecule has 0 saturated carbocycles. The van der Waals surface area contributed by atoms with Crippen molar-refractivity contribution in [2.24, 2.45) is 0 Å². The van der Waals surface area contributed by atoms with E-state index in [0.717, 1.165) is 5.69 Å². The van der Waals surface area contributed by atoms with Crippen LogP contribution in [-0.4, -0.2) is 4.98 Å². The average molecular weight is 243 g/mol. The van der Waals surface area contributed by atoms with E-state index in [4.69, 9.17) is 0 Å². The highest BCUT2D eigenvalue weighted by Gasteiger charge is 1.95. The molecule has 0 spiro atoms. The molecule has 0 aliphatic rings. The molecular formula is C17H25N. The van der Waals surface area contributed by atoms with Crippen molar-refractivity contribution in [1.29, 1.82) is 0 Å². The van der Waals surface area contributed by atoms with Crippen LogP contribution in [0.5, 0.6) is 0 Å². The molecule has 1 aromatic heterocycles. The molecule has 0 fully saturated rings. The lowest BCUT2D eigenvalue weighted by Crippen LogP contribution is -1.81. The molecule has 0 amide bonds. The lowest BCUT2D eigenvalue weighted by Gasteiger charge is -1.99. The smallest absolute Gasteiger partial charge is 0.0701 e. The van der Waals surface area contributed by atoms with Crippen molar-refractivity contribution in [3.05, 3.63) is 54.2 Å². The normalized spacial score (nSPS) is 8.50. The molecule has 18 heavy (non-hydrogen) atoms. The van der Waals surface area contributed by atoms with Gasteiger partial charge < -0.3 is 0 Å². The highest BCUT2D eigenvalue weighted by Crippen LogP contribution is 2.15. The van der Waals surface area contributed by atoms with Crippen molar-refractivity contribution in [1.82, 2.24) is 4.98 Å². The second kappa shape index (κ2) is 10.5. The minimum absolute atomic E-state index is 1.03. The molecule has 0 unspecified atom stereocenters. The topological polar surface area (TPSA) is 12.9 Å². The van der Waals surface area contributed by atoms with Crippen molar-refractivity contribution in [2.75, 3.05) is 0 Å². The zero-order valence-corrected chi connectivity index (χ0v) is 12.3. The summed E-state index contributed by atoms with van der Waals surface area (Å²) in [4.78, 5) is 4.28. The molecule has 1 heteroatoms. The van der Waals surface area contributed by atoms with Crippen LogP contribution in [0.4, 0.5) is 0 Å². The van der Waals surface area contributed by atoms with Gasteiger partial charge in [-0.25, -0.2) is 0 Å². The van der Waals surface area contributed by atoms with Crippen LogP contribution in [0.1, 0.15) is 39.7 Å². The number of nitrogens with zero attached hydrogens (tertiary/aromatic N) is 1.